The molecule has 2 heterocycles. The smallest absolute Gasteiger partial charge is 0.0255 e. The van der Waals surface area contributed by atoms with Crippen LogP contribution < -0.4 is 0 Å². The molecule has 0 aromatic heterocycles. The van der Waals surface area contributed by atoms with E-state index in [0.717, 1.165) is 18.9 Å². The molecule has 2 aromatic rings. The molecule has 2 aliphatic rings. The number of nitrogens with zero attached hydrogens (tertiary/aromatic N) is 2. The number of likely N-dealkylation sites (tertiary alicyclic amines) is 2. The SMILES string of the molecule is C=C/C=C\C=C(/C)CCN1CC[C@@H]2CCCN(Cc3cccc4ccccc34)C2C1. The van der Waals surface area contributed by atoms with Crippen LogP contribution in [0.25, 0.3) is 10.8 Å². The van der Waals surface area contributed by atoms with Crippen LogP contribution in [-0.4, -0.2) is 42.0 Å². The first-order chi connectivity index (χ1) is 14.7. The van der Waals surface area contributed by atoms with Crippen molar-refractivity contribution < 1.29 is 0 Å². The highest BCUT2D eigenvalue weighted by molar-refractivity contribution is 5.85. The Kier molecular flexibility index (Phi) is 7.20. The molecule has 2 fully saturated rings. The zero-order valence-corrected chi connectivity index (χ0v) is 18.5. The molecule has 2 atom stereocenters. The number of piperidine rings is 2. The first kappa shape index (κ1) is 21.1. The van der Waals surface area contributed by atoms with Crippen molar-refractivity contribution in [3.63, 3.8) is 0 Å². The van der Waals surface area contributed by atoms with Gasteiger partial charge in [-0.1, -0.05) is 78.9 Å². The lowest BCUT2D eigenvalue weighted by atomic mass is 9.83. The summed E-state index contributed by atoms with van der Waals surface area (Å²) >= 11 is 0. The Bertz CT molecular complexity index is 904. The van der Waals surface area contributed by atoms with Crippen LogP contribution in [0.1, 0.15) is 38.2 Å². The van der Waals surface area contributed by atoms with Crippen LogP contribution in [-0.2, 0) is 6.54 Å². The fraction of sp³-hybridized carbons (Fsp3) is 0.429. The topological polar surface area (TPSA) is 6.48 Å². The Morgan fingerprint density at radius 2 is 1.93 bits per heavy atom. The van der Waals surface area contributed by atoms with Crippen molar-refractivity contribution in [2.75, 3.05) is 26.2 Å². The summed E-state index contributed by atoms with van der Waals surface area (Å²) in [5, 5.41) is 2.78. The van der Waals surface area contributed by atoms with Crippen LogP contribution in [0, 0.1) is 5.92 Å². The van der Waals surface area contributed by atoms with Gasteiger partial charge in [0.15, 0.2) is 0 Å². The van der Waals surface area contributed by atoms with Gasteiger partial charge in [0.25, 0.3) is 0 Å². The summed E-state index contributed by atoms with van der Waals surface area (Å²) in [6.07, 6.45) is 13.4. The second kappa shape index (κ2) is 10.2. The van der Waals surface area contributed by atoms with E-state index in [1.165, 1.54) is 67.4 Å². The molecule has 0 saturated carbocycles. The van der Waals surface area contributed by atoms with Gasteiger partial charge in [-0.05, 0) is 68.0 Å². The molecule has 0 amide bonds. The van der Waals surface area contributed by atoms with Crippen LogP contribution in [0.5, 0.6) is 0 Å². The Labute approximate surface area is 182 Å². The Balaban J connectivity index is 1.42. The van der Waals surface area contributed by atoms with Gasteiger partial charge < -0.3 is 4.90 Å². The van der Waals surface area contributed by atoms with Gasteiger partial charge in [0, 0.05) is 25.7 Å². The molecule has 0 radical (unpaired) electrons. The minimum absolute atomic E-state index is 0.705. The third kappa shape index (κ3) is 5.11. The summed E-state index contributed by atoms with van der Waals surface area (Å²) in [6.45, 7) is 12.0. The number of hydrogen-bond donors (Lipinski definition) is 0. The third-order valence-electron chi connectivity index (χ3n) is 7.00. The van der Waals surface area contributed by atoms with E-state index in [2.05, 4.69) is 77.9 Å². The van der Waals surface area contributed by atoms with E-state index in [1.54, 1.807) is 0 Å². The summed E-state index contributed by atoms with van der Waals surface area (Å²) in [4.78, 5) is 5.49. The fourth-order valence-corrected chi connectivity index (χ4v) is 5.28. The Morgan fingerprint density at radius 3 is 2.83 bits per heavy atom. The number of allylic oxidation sites excluding steroid dienone is 4. The summed E-state index contributed by atoms with van der Waals surface area (Å²) in [5.74, 6) is 0.872. The minimum Gasteiger partial charge on any atom is -0.301 e. The molecule has 0 spiro atoms. The fourth-order valence-electron chi connectivity index (χ4n) is 5.28. The van der Waals surface area contributed by atoms with Gasteiger partial charge >= 0.3 is 0 Å². The summed E-state index contributed by atoms with van der Waals surface area (Å²) in [6, 6.07) is 16.3. The predicted molar refractivity (Wildman–Crippen MR) is 130 cm³/mol. The van der Waals surface area contributed by atoms with Gasteiger partial charge in [-0.25, -0.2) is 0 Å². The van der Waals surface area contributed by atoms with Crippen molar-refractivity contribution in [3.8, 4) is 0 Å². The standard InChI is InChI=1S/C28H36N2/c1-3-4-5-10-23(2)16-19-29-20-17-25-14-9-18-30(28(25)22-29)21-26-13-8-12-24-11-6-7-15-27(24)26/h3-8,10-13,15,25,28H,1,9,14,16-22H2,2H3/b5-4-,23-10+/t25-,28?/m0/s1. The van der Waals surface area contributed by atoms with Gasteiger partial charge in [0.05, 0.1) is 0 Å². The third-order valence-corrected chi connectivity index (χ3v) is 7.00. The average molecular weight is 401 g/mol. The van der Waals surface area contributed by atoms with Gasteiger partial charge in [0.1, 0.15) is 0 Å². The first-order valence-electron chi connectivity index (χ1n) is 11.6. The van der Waals surface area contributed by atoms with Crippen molar-refractivity contribution in [2.45, 2.75) is 45.2 Å². The minimum atomic E-state index is 0.705. The largest absolute Gasteiger partial charge is 0.301 e. The van der Waals surface area contributed by atoms with Crippen molar-refractivity contribution in [1.82, 2.24) is 9.80 Å². The number of hydrogen-bond acceptors (Lipinski definition) is 2. The maximum absolute atomic E-state index is 3.74. The van der Waals surface area contributed by atoms with Gasteiger partial charge in [-0.3, -0.25) is 4.90 Å². The van der Waals surface area contributed by atoms with Crippen molar-refractivity contribution in [1.29, 1.82) is 0 Å². The zero-order chi connectivity index (χ0) is 20.8. The van der Waals surface area contributed by atoms with E-state index in [4.69, 9.17) is 0 Å². The molecule has 158 valence electrons. The Hall–Kier alpha value is -2.16. The van der Waals surface area contributed by atoms with E-state index >= 15 is 0 Å². The Morgan fingerprint density at radius 1 is 1.07 bits per heavy atom. The van der Waals surface area contributed by atoms with E-state index in [-0.39, 0.29) is 0 Å². The van der Waals surface area contributed by atoms with E-state index in [1.807, 2.05) is 12.2 Å². The molecule has 4 rings (SSSR count). The molecule has 0 N–H and O–H groups in total. The highest BCUT2D eigenvalue weighted by atomic mass is 15.2. The highest BCUT2D eigenvalue weighted by Crippen LogP contribution is 2.33. The molecule has 2 saturated heterocycles. The molecule has 2 heteroatoms. The van der Waals surface area contributed by atoms with Crippen molar-refractivity contribution in [3.05, 3.63) is 84.5 Å². The molecule has 2 aliphatic heterocycles. The van der Waals surface area contributed by atoms with Gasteiger partial charge in [-0.2, -0.15) is 0 Å². The lowest BCUT2D eigenvalue weighted by molar-refractivity contribution is 0.0165. The van der Waals surface area contributed by atoms with Crippen molar-refractivity contribution >= 4 is 10.8 Å². The molecule has 0 aliphatic carbocycles. The van der Waals surface area contributed by atoms with Crippen LogP contribution in [0.15, 0.2) is 78.9 Å². The van der Waals surface area contributed by atoms with Crippen LogP contribution in [0.4, 0.5) is 0 Å². The summed E-state index contributed by atoms with van der Waals surface area (Å²) in [5.41, 5.74) is 2.94. The van der Waals surface area contributed by atoms with Gasteiger partial charge in [0.2, 0.25) is 0 Å². The molecular formula is C28H36N2. The number of benzene rings is 2. The lowest BCUT2D eigenvalue weighted by Gasteiger charge is -2.47. The van der Waals surface area contributed by atoms with Crippen LogP contribution in [0.2, 0.25) is 0 Å². The molecule has 2 nitrogen and oxygen atoms in total. The number of fused-ring (bicyclic) bond motifs is 2. The quantitative estimate of drug-likeness (QED) is 0.510. The summed E-state index contributed by atoms with van der Waals surface area (Å²) in [7, 11) is 0. The van der Waals surface area contributed by atoms with E-state index in [9.17, 15) is 0 Å². The van der Waals surface area contributed by atoms with Gasteiger partial charge in [-0.15, -0.1) is 0 Å². The molecule has 0 bridgehead atoms. The zero-order valence-electron chi connectivity index (χ0n) is 18.5. The molecule has 30 heavy (non-hydrogen) atoms. The molecule has 1 unspecified atom stereocenters. The second-order valence-electron chi connectivity index (χ2n) is 9.05. The first-order valence-corrected chi connectivity index (χ1v) is 11.6. The van der Waals surface area contributed by atoms with Crippen LogP contribution >= 0.6 is 0 Å². The van der Waals surface area contributed by atoms with E-state index < -0.39 is 0 Å². The second-order valence-corrected chi connectivity index (χ2v) is 9.05. The van der Waals surface area contributed by atoms with E-state index in [0.29, 0.717) is 6.04 Å². The monoisotopic (exact) mass is 400 g/mol. The predicted octanol–water partition coefficient (Wildman–Crippen LogP) is 6.20. The maximum Gasteiger partial charge on any atom is 0.0255 e. The van der Waals surface area contributed by atoms with Crippen LogP contribution in [0.3, 0.4) is 0 Å². The lowest BCUT2D eigenvalue weighted by Crippen LogP contribution is -2.55. The van der Waals surface area contributed by atoms with Crippen molar-refractivity contribution in [2.24, 2.45) is 5.92 Å². The molecular weight excluding hydrogens is 364 g/mol. The normalized spacial score (nSPS) is 23.7. The number of rotatable bonds is 7. The average Bonchev–Trinajstić information content (AvgIpc) is 2.78. The highest BCUT2D eigenvalue weighted by Gasteiger charge is 2.35. The molecule has 2 aromatic carbocycles. The summed E-state index contributed by atoms with van der Waals surface area (Å²) < 4.78 is 0. The maximum atomic E-state index is 3.74.